The van der Waals surface area contributed by atoms with Gasteiger partial charge in [0.2, 0.25) is 10.0 Å². The summed E-state index contributed by atoms with van der Waals surface area (Å²) in [5.41, 5.74) is 2.41. The Morgan fingerprint density at radius 3 is 1.92 bits per heavy atom. The zero-order valence-corrected chi connectivity index (χ0v) is 16.9. The minimum absolute atomic E-state index is 0.167. The topological polar surface area (TPSA) is 83.5 Å². The largest absolute Gasteiger partial charge is 0.378 e. The van der Waals surface area contributed by atoms with Crippen LogP contribution in [0.25, 0.3) is 0 Å². The van der Waals surface area contributed by atoms with Crippen LogP contribution in [0.3, 0.4) is 0 Å². The maximum absolute atomic E-state index is 13.1. The minimum Gasteiger partial charge on any atom is -0.378 e. The van der Waals surface area contributed by atoms with Crippen LogP contribution < -0.4 is 9.62 Å². The molecule has 0 aliphatic rings. The average Bonchev–Trinajstić information content (AvgIpc) is 2.54. The Labute approximate surface area is 155 Å². The highest BCUT2D eigenvalue weighted by atomic mass is 32.2. The Kier molecular flexibility index (Phi) is 6.10. The van der Waals surface area contributed by atoms with E-state index < -0.39 is 25.1 Å². The molecule has 0 bridgehead atoms. The number of sulfone groups is 1. The molecule has 2 rings (SSSR count). The molecular formula is C18H24N2O4S2. The van der Waals surface area contributed by atoms with E-state index in [-0.39, 0.29) is 11.4 Å². The molecule has 1 N–H and O–H groups in total. The van der Waals surface area contributed by atoms with Crippen LogP contribution in [-0.4, -0.2) is 43.7 Å². The normalized spacial score (nSPS) is 13.4. The van der Waals surface area contributed by atoms with Gasteiger partial charge in [0.1, 0.15) is 5.25 Å². The summed E-state index contributed by atoms with van der Waals surface area (Å²) in [6, 6.07) is 13.6. The summed E-state index contributed by atoms with van der Waals surface area (Å²) >= 11 is 0. The van der Waals surface area contributed by atoms with Crippen molar-refractivity contribution in [2.24, 2.45) is 0 Å². The zero-order chi connectivity index (χ0) is 19.5. The smallest absolute Gasteiger partial charge is 0.208 e. The van der Waals surface area contributed by atoms with E-state index in [1.165, 1.54) is 0 Å². The molecule has 2 aromatic carbocycles. The number of hydrogen-bond donors (Lipinski definition) is 1. The third-order valence-electron chi connectivity index (χ3n) is 4.04. The average molecular weight is 397 g/mol. The van der Waals surface area contributed by atoms with Crippen LogP contribution >= 0.6 is 0 Å². The lowest BCUT2D eigenvalue weighted by atomic mass is 10.1. The van der Waals surface area contributed by atoms with Crippen LogP contribution in [0.1, 0.15) is 16.4 Å². The van der Waals surface area contributed by atoms with E-state index in [4.69, 9.17) is 0 Å². The van der Waals surface area contributed by atoms with E-state index in [9.17, 15) is 16.8 Å². The van der Waals surface area contributed by atoms with Crippen molar-refractivity contribution in [1.82, 2.24) is 4.72 Å². The van der Waals surface area contributed by atoms with E-state index in [0.717, 1.165) is 17.5 Å². The monoisotopic (exact) mass is 396 g/mol. The number of nitrogens with zero attached hydrogens (tertiary/aromatic N) is 1. The predicted molar refractivity (Wildman–Crippen MR) is 105 cm³/mol. The van der Waals surface area contributed by atoms with Crippen LogP contribution in [0.4, 0.5) is 5.69 Å². The van der Waals surface area contributed by atoms with Gasteiger partial charge in [0.05, 0.1) is 11.2 Å². The fourth-order valence-electron chi connectivity index (χ4n) is 2.51. The van der Waals surface area contributed by atoms with Gasteiger partial charge in [0.25, 0.3) is 0 Å². The van der Waals surface area contributed by atoms with Gasteiger partial charge in [-0.25, -0.2) is 21.6 Å². The predicted octanol–water partition coefficient (Wildman–Crippen LogP) is 2.13. The Bertz CT molecular complexity index is 949. The molecule has 0 aliphatic heterocycles. The van der Waals surface area contributed by atoms with Gasteiger partial charge in [-0.3, -0.25) is 0 Å². The van der Waals surface area contributed by atoms with Gasteiger partial charge < -0.3 is 4.90 Å². The van der Waals surface area contributed by atoms with Gasteiger partial charge in [0.15, 0.2) is 9.84 Å². The van der Waals surface area contributed by atoms with Crippen LogP contribution in [0.15, 0.2) is 53.4 Å². The second-order valence-corrected chi connectivity index (χ2v) is 10.4. The number of rotatable bonds is 7. The van der Waals surface area contributed by atoms with Gasteiger partial charge in [-0.1, -0.05) is 29.8 Å². The van der Waals surface area contributed by atoms with Gasteiger partial charge in [-0.05, 0) is 36.8 Å². The molecule has 0 fully saturated rings. The van der Waals surface area contributed by atoms with Crippen molar-refractivity contribution < 1.29 is 16.8 Å². The molecule has 1 atom stereocenters. The first kappa shape index (κ1) is 20.4. The number of aryl methyl sites for hydroxylation is 1. The molecule has 26 heavy (non-hydrogen) atoms. The summed E-state index contributed by atoms with van der Waals surface area (Å²) in [4.78, 5) is 2.07. The third kappa shape index (κ3) is 5.06. The molecule has 0 saturated heterocycles. The molecule has 142 valence electrons. The second-order valence-electron chi connectivity index (χ2n) is 6.45. The van der Waals surface area contributed by atoms with Crippen molar-refractivity contribution in [3.8, 4) is 0 Å². The maximum Gasteiger partial charge on any atom is 0.208 e. The van der Waals surface area contributed by atoms with Crippen LogP contribution in [0.2, 0.25) is 0 Å². The lowest BCUT2D eigenvalue weighted by molar-refractivity contribution is 0.571. The highest BCUT2D eigenvalue weighted by Crippen LogP contribution is 2.30. The third-order valence-corrected chi connectivity index (χ3v) is 6.84. The van der Waals surface area contributed by atoms with Gasteiger partial charge in [0, 0.05) is 26.3 Å². The number of sulfonamides is 1. The highest BCUT2D eigenvalue weighted by molar-refractivity contribution is 7.92. The molecule has 0 spiro atoms. The fraction of sp³-hybridized carbons (Fsp3) is 0.333. The summed E-state index contributed by atoms with van der Waals surface area (Å²) in [6.45, 7) is 1.65. The Hall–Kier alpha value is -1.90. The lowest BCUT2D eigenvalue weighted by Crippen LogP contribution is -2.31. The van der Waals surface area contributed by atoms with E-state index in [1.54, 1.807) is 36.4 Å². The quantitative estimate of drug-likeness (QED) is 0.775. The molecule has 0 aromatic heterocycles. The summed E-state index contributed by atoms with van der Waals surface area (Å²) in [6.07, 6.45) is 1.01. The molecule has 0 amide bonds. The molecular weight excluding hydrogens is 372 g/mol. The molecule has 2 aromatic rings. The first-order valence-electron chi connectivity index (χ1n) is 8.03. The van der Waals surface area contributed by atoms with Crippen molar-refractivity contribution in [2.75, 3.05) is 31.8 Å². The van der Waals surface area contributed by atoms with Crippen molar-refractivity contribution in [3.05, 3.63) is 59.7 Å². The van der Waals surface area contributed by atoms with Crippen LogP contribution in [0.5, 0.6) is 0 Å². The molecule has 6 nitrogen and oxygen atoms in total. The molecule has 0 heterocycles. The number of nitrogens with one attached hydrogen (secondary N) is 1. The Balaban J connectivity index is 2.47. The van der Waals surface area contributed by atoms with Gasteiger partial charge in [-0.15, -0.1) is 0 Å². The second kappa shape index (κ2) is 7.77. The summed E-state index contributed by atoms with van der Waals surface area (Å²) in [5, 5.41) is -1.02. The maximum atomic E-state index is 13.1. The molecule has 0 aliphatic carbocycles. The van der Waals surface area contributed by atoms with Gasteiger partial charge >= 0.3 is 0 Å². The fourth-order valence-corrected chi connectivity index (χ4v) is 4.75. The van der Waals surface area contributed by atoms with E-state index in [2.05, 4.69) is 4.72 Å². The molecule has 8 heteroatoms. The van der Waals surface area contributed by atoms with E-state index >= 15 is 0 Å². The summed E-state index contributed by atoms with van der Waals surface area (Å²) in [5.74, 6) is 0. The molecule has 0 radical (unpaired) electrons. The highest BCUT2D eigenvalue weighted by Gasteiger charge is 2.30. The SMILES string of the molecule is Cc1ccc(S(=O)(=O)[C@@H](CNS(C)(=O)=O)c2ccc(N(C)C)cc2)cc1. The van der Waals surface area contributed by atoms with E-state index in [0.29, 0.717) is 5.56 Å². The van der Waals surface area contributed by atoms with Gasteiger partial charge in [-0.2, -0.15) is 0 Å². The molecule has 0 unspecified atom stereocenters. The van der Waals surface area contributed by atoms with Crippen molar-refractivity contribution in [1.29, 1.82) is 0 Å². The standard InChI is InChI=1S/C18H24N2O4S2/c1-14-5-11-17(12-6-14)26(23,24)18(13-19-25(4,21)22)15-7-9-16(10-8-15)20(2)3/h5-12,18-19H,13H2,1-4H3/t18-/m0/s1. The number of hydrogen-bond acceptors (Lipinski definition) is 5. The van der Waals surface area contributed by atoms with E-state index in [1.807, 2.05) is 38.1 Å². The number of anilines is 1. The molecule has 0 saturated carbocycles. The van der Waals surface area contributed by atoms with Crippen LogP contribution in [-0.2, 0) is 19.9 Å². The summed E-state index contributed by atoms with van der Waals surface area (Å²) in [7, 11) is -3.51. The minimum atomic E-state index is -3.77. The first-order chi connectivity index (χ1) is 12.0. The van der Waals surface area contributed by atoms with Crippen molar-refractivity contribution in [3.63, 3.8) is 0 Å². The van der Waals surface area contributed by atoms with Crippen molar-refractivity contribution in [2.45, 2.75) is 17.1 Å². The Morgan fingerprint density at radius 1 is 0.923 bits per heavy atom. The lowest BCUT2D eigenvalue weighted by Gasteiger charge is -2.20. The zero-order valence-electron chi connectivity index (χ0n) is 15.3. The number of benzene rings is 2. The van der Waals surface area contributed by atoms with Crippen LogP contribution in [0, 0.1) is 6.92 Å². The Morgan fingerprint density at radius 2 is 1.46 bits per heavy atom. The summed E-state index contributed by atoms with van der Waals surface area (Å²) < 4.78 is 51.6. The first-order valence-corrected chi connectivity index (χ1v) is 11.5. The van der Waals surface area contributed by atoms with Crippen molar-refractivity contribution >= 4 is 25.5 Å².